The molecule has 0 radical (unpaired) electrons. The first kappa shape index (κ1) is 20.3. The van der Waals surface area contributed by atoms with Gasteiger partial charge in [0.2, 0.25) is 17.6 Å². The number of anilines is 3. The number of benzene rings is 1. The number of nitrogen functional groups attached to an aromatic ring is 1. The highest BCUT2D eigenvalue weighted by Crippen LogP contribution is 2.35. The van der Waals surface area contributed by atoms with Crippen LogP contribution < -0.4 is 16.0 Å². The lowest BCUT2D eigenvalue weighted by Crippen LogP contribution is -2.35. The monoisotopic (exact) mass is 412 g/mol. The van der Waals surface area contributed by atoms with Gasteiger partial charge in [-0.15, -0.1) is 0 Å². The van der Waals surface area contributed by atoms with Crippen molar-refractivity contribution in [2.24, 2.45) is 5.92 Å². The molecule has 9 nitrogen and oxygen atoms in total. The van der Waals surface area contributed by atoms with Crippen LogP contribution in [-0.2, 0) is 11.2 Å². The van der Waals surface area contributed by atoms with Gasteiger partial charge in [-0.2, -0.15) is 9.97 Å². The molecule has 1 aromatic carbocycles. The molecule has 2 aromatic rings. The van der Waals surface area contributed by atoms with E-state index in [0.717, 1.165) is 38.7 Å². The normalized spacial score (nSPS) is 19.7. The maximum Gasteiger partial charge on any atom is 0.353 e. The minimum absolute atomic E-state index is 0.105. The van der Waals surface area contributed by atoms with Crippen LogP contribution in [0.4, 0.5) is 23.3 Å². The summed E-state index contributed by atoms with van der Waals surface area (Å²) < 4.78 is 5.61. The number of hydrogen-bond acceptors (Lipinski definition) is 8. The molecule has 2 fully saturated rings. The number of nitrogens with one attached hydrogen (secondary N) is 1. The number of aromatic nitrogens is 2. The van der Waals surface area contributed by atoms with Gasteiger partial charge in [-0.25, -0.2) is 0 Å². The van der Waals surface area contributed by atoms with E-state index in [4.69, 9.17) is 10.5 Å². The van der Waals surface area contributed by atoms with Crippen LogP contribution in [0.3, 0.4) is 0 Å². The molecule has 1 aromatic heterocycles. The van der Waals surface area contributed by atoms with Crippen molar-refractivity contribution >= 4 is 23.3 Å². The highest BCUT2D eigenvalue weighted by molar-refractivity contribution is 5.71. The number of piperidine rings is 1. The molecule has 30 heavy (non-hydrogen) atoms. The zero-order valence-corrected chi connectivity index (χ0v) is 17.0. The lowest BCUT2D eigenvalue weighted by Gasteiger charge is -2.32. The molecule has 160 valence electrons. The predicted octanol–water partition coefficient (Wildman–Crippen LogP) is 3.02. The summed E-state index contributed by atoms with van der Waals surface area (Å²) in [6.07, 6.45) is 5.07. The van der Waals surface area contributed by atoms with Crippen molar-refractivity contribution in [3.63, 3.8) is 0 Å². The van der Waals surface area contributed by atoms with Gasteiger partial charge in [-0.3, -0.25) is 10.1 Å². The third-order valence-corrected chi connectivity index (χ3v) is 5.87. The number of nitro groups is 1. The summed E-state index contributed by atoms with van der Waals surface area (Å²) in [5, 5.41) is 14.8. The van der Waals surface area contributed by atoms with E-state index in [1.165, 1.54) is 5.56 Å². The van der Waals surface area contributed by atoms with Gasteiger partial charge in [0.15, 0.2) is 0 Å². The fraction of sp³-hybridized carbons (Fsp3) is 0.524. The number of nitrogens with two attached hydrogens (primary N) is 1. The Labute approximate surface area is 175 Å². The van der Waals surface area contributed by atoms with Crippen LogP contribution in [0.15, 0.2) is 30.3 Å². The van der Waals surface area contributed by atoms with Gasteiger partial charge in [0.1, 0.15) is 0 Å². The molecule has 0 spiro atoms. The SMILES string of the molecule is Nc1nc(NC[C@@H]2CCCO2)nc(N2CCC(Cc3ccccc3)CC2)c1[N+](=O)[O-]. The van der Waals surface area contributed by atoms with Gasteiger partial charge in [0.05, 0.1) is 11.0 Å². The lowest BCUT2D eigenvalue weighted by atomic mass is 9.90. The third-order valence-electron chi connectivity index (χ3n) is 5.87. The molecule has 0 bridgehead atoms. The number of hydrogen-bond donors (Lipinski definition) is 2. The van der Waals surface area contributed by atoms with Crippen molar-refractivity contribution in [3.05, 3.63) is 46.0 Å². The van der Waals surface area contributed by atoms with Crippen LogP contribution in [0.1, 0.15) is 31.2 Å². The van der Waals surface area contributed by atoms with Crippen molar-refractivity contribution in [2.45, 2.75) is 38.2 Å². The first-order valence-electron chi connectivity index (χ1n) is 10.6. The molecule has 2 aliphatic rings. The molecule has 3 N–H and O–H groups in total. The molecule has 4 rings (SSSR count). The highest BCUT2D eigenvalue weighted by Gasteiger charge is 2.30. The first-order chi connectivity index (χ1) is 14.6. The average Bonchev–Trinajstić information content (AvgIpc) is 3.26. The van der Waals surface area contributed by atoms with Gasteiger partial charge in [0, 0.05) is 26.2 Å². The summed E-state index contributed by atoms with van der Waals surface area (Å²) in [5.74, 6) is 1.07. The quantitative estimate of drug-likeness (QED) is 0.526. The summed E-state index contributed by atoms with van der Waals surface area (Å²) in [7, 11) is 0. The van der Waals surface area contributed by atoms with Gasteiger partial charge in [0.25, 0.3) is 0 Å². The Morgan fingerprint density at radius 1 is 1.20 bits per heavy atom. The molecule has 9 heteroatoms. The third kappa shape index (κ3) is 4.79. The molecular formula is C21H28N6O3. The lowest BCUT2D eigenvalue weighted by molar-refractivity contribution is -0.383. The fourth-order valence-corrected chi connectivity index (χ4v) is 4.24. The Balaban J connectivity index is 1.45. The van der Waals surface area contributed by atoms with E-state index in [1.54, 1.807) is 0 Å². The van der Waals surface area contributed by atoms with Crippen molar-refractivity contribution in [1.82, 2.24) is 9.97 Å². The maximum absolute atomic E-state index is 11.6. The van der Waals surface area contributed by atoms with E-state index < -0.39 is 4.92 Å². The summed E-state index contributed by atoms with van der Waals surface area (Å²) >= 11 is 0. The smallest absolute Gasteiger partial charge is 0.353 e. The number of rotatable bonds is 7. The molecule has 0 unspecified atom stereocenters. The van der Waals surface area contributed by atoms with E-state index >= 15 is 0 Å². The Bertz CT molecular complexity index is 865. The summed E-state index contributed by atoms with van der Waals surface area (Å²) in [5.41, 5.74) is 7.07. The van der Waals surface area contributed by atoms with E-state index in [9.17, 15) is 10.1 Å². The molecule has 0 aliphatic carbocycles. The Kier molecular flexibility index (Phi) is 6.27. The van der Waals surface area contributed by atoms with Gasteiger partial charge < -0.3 is 20.7 Å². The molecule has 2 aliphatic heterocycles. The van der Waals surface area contributed by atoms with Crippen molar-refractivity contribution in [2.75, 3.05) is 42.2 Å². The maximum atomic E-state index is 11.6. The minimum atomic E-state index is -0.482. The summed E-state index contributed by atoms with van der Waals surface area (Å²) in [4.78, 5) is 21.7. The molecular weight excluding hydrogens is 384 g/mol. The van der Waals surface area contributed by atoms with E-state index in [-0.39, 0.29) is 17.6 Å². The van der Waals surface area contributed by atoms with Crippen LogP contribution in [0.2, 0.25) is 0 Å². The van der Waals surface area contributed by atoms with Crippen LogP contribution in [0.5, 0.6) is 0 Å². The van der Waals surface area contributed by atoms with Crippen molar-refractivity contribution < 1.29 is 9.66 Å². The topological polar surface area (TPSA) is 119 Å². The number of ether oxygens (including phenoxy) is 1. The largest absolute Gasteiger partial charge is 0.378 e. The fourth-order valence-electron chi connectivity index (χ4n) is 4.24. The van der Waals surface area contributed by atoms with Gasteiger partial charge in [-0.05, 0) is 43.6 Å². The van der Waals surface area contributed by atoms with Crippen LogP contribution >= 0.6 is 0 Å². The Morgan fingerprint density at radius 3 is 2.63 bits per heavy atom. The second-order valence-electron chi connectivity index (χ2n) is 8.00. The molecule has 0 amide bonds. The van der Waals surface area contributed by atoms with Crippen molar-refractivity contribution in [1.29, 1.82) is 0 Å². The minimum Gasteiger partial charge on any atom is -0.378 e. The molecule has 0 saturated carbocycles. The summed E-state index contributed by atoms with van der Waals surface area (Å²) in [6, 6.07) is 10.4. The Morgan fingerprint density at radius 2 is 1.97 bits per heavy atom. The molecule has 2 saturated heterocycles. The highest BCUT2D eigenvalue weighted by atomic mass is 16.6. The second-order valence-corrected chi connectivity index (χ2v) is 8.00. The zero-order chi connectivity index (χ0) is 20.9. The predicted molar refractivity (Wildman–Crippen MR) is 116 cm³/mol. The second kappa shape index (κ2) is 9.25. The van der Waals surface area contributed by atoms with Crippen molar-refractivity contribution in [3.8, 4) is 0 Å². The van der Waals surface area contributed by atoms with E-state index in [2.05, 4.69) is 39.6 Å². The Hall–Kier alpha value is -2.94. The summed E-state index contributed by atoms with van der Waals surface area (Å²) in [6.45, 7) is 2.74. The van der Waals surface area contributed by atoms with Gasteiger partial charge in [-0.1, -0.05) is 30.3 Å². The van der Waals surface area contributed by atoms with E-state index in [1.807, 2.05) is 11.0 Å². The molecule has 3 heterocycles. The van der Waals surface area contributed by atoms with Crippen LogP contribution in [0, 0.1) is 16.0 Å². The van der Waals surface area contributed by atoms with Gasteiger partial charge >= 0.3 is 5.69 Å². The zero-order valence-electron chi connectivity index (χ0n) is 17.0. The average molecular weight is 412 g/mol. The number of nitrogens with zero attached hydrogens (tertiary/aromatic N) is 4. The van der Waals surface area contributed by atoms with Crippen LogP contribution in [-0.4, -0.2) is 47.2 Å². The van der Waals surface area contributed by atoms with Crippen LogP contribution in [0.25, 0.3) is 0 Å². The first-order valence-corrected chi connectivity index (χ1v) is 10.6. The standard InChI is InChI=1S/C21H28N6O3/c22-19-18(27(28)29)20(25-21(24-19)23-14-17-7-4-12-30-17)26-10-8-16(9-11-26)13-15-5-2-1-3-6-15/h1-3,5-6,16-17H,4,7-14H2,(H3,22,23,24,25)/t17-/m0/s1. The van der Waals surface area contributed by atoms with E-state index in [0.29, 0.717) is 37.3 Å². The molecule has 1 atom stereocenters.